The average Bonchev–Trinajstić information content (AvgIpc) is 2.74. The van der Waals surface area contributed by atoms with Gasteiger partial charge in [0.1, 0.15) is 4.83 Å². The van der Waals surface area contributed by atoms with Gasteiger partial charge in [0.2, 0.25) is 0 Å². The second-order valence-corrected chi connectivity index (χ2v) is 6.62. The van der Waals surface area contributed by atoms with E-state index in [-0.39, 0.29) is 11.4 Å². The summed E-state index contributed by atoms with van der Waals surface area (Å²) in [6, 6.07) is 1.86. The number of thiazole rings is 1. The number of hydrogen-bond donors (Lipinski definition) is 2. The van der Waals surface area contributed by atoms with E-state index in [2.05, 4.69) is 17.2 Å². The normalized spacial score (nSPS) is 11.9. The molecule has 6 heteroatoms. The Balaban J connectivity index is 2.22. The molecule has 0 bridgehead atoms. The molecule has 4 nitrogen and oxygen atoms in total. The topological polar surface area (TPSA) is 68.0 Å². The van der Waals surface area contributed by atoms with Crippen molar-refractivity contribution in [3.05, 3.63) is 10.9 Å². The van der Waals surface area contributed by atoms with Gasteiger partial charge in [-0.15, -0.1) is 11.3 Å². The van der Waals surface area contributed by atoms with E-state index in [9.17, 15) is 4.79 Å². The molecule has 92 valence electrons. The number of anilines is 1. The van der Waals surface area contributed by atoms with Crippen molar-refractivity contribution in [2.75, 3.05) is 5.73 Å². The molecule has 0 radical (unpaired) electrons. The third-order valence-corrected chi connectivity index (χ3v) is 4.65. The fourth-order valence-corrected chi connectivity index (χ4v) is 3.21. The number of nitrogens with two attached hydrogens (primary N) is 1. The van der Waals surface area contributed by atoms with Crippen LogP contribution in [0, 0.1) is 0 Å². The molecule has 0 unspecified atom stereocenters. The van der Waals surface area contributed by atoms with Gasteiger partial charge in [0.05, 0.1) is 9.58 Å². The molecular weight excluding hydrogens is 254 g/mol. The minimum atomic E-state index is -0.180. The lowest BCUT2D eigenvalue weighted by Crippen LogP contribution is -2.42. The third-order valence-electron chi connectivity index (χ3n) is 2.67. The highest BCUT2D eigenvalue weighted by molar-refractivity contribution is 7.29. The Bertz CT molecular complexity index is 525. The summed E-state index contributed by atoms with van der Waals surface area (Å²) < 4.78 is 0.979. The van der Waals surface area contributed by atoms with Gasteiger partial charge >= 0.3 is 0 Å². The fourth-order valence-electron chi connectivity index (χ4n) is 1.32. The molecule has 3 N–H and O–H groups in total. The summed E-state index contributed by atoms with van der Waals surface area (Å²) in [6.07, 6.45) is 0.893. The van der Waals surface area contributed by atoms with Crippen molar-refractivity contribution in [3.8, 4) is 0 Å². The number of nitrogens with zero attached hydrogens (tertiary/aromatic N) is 1. The molecule has 0 atom stereocenters. The number of nitrogens with one attached hydrogen (secondary N) is 1. The fraction of sp³-hybridized carbons (Fsp3) is 0.455. The lowest BCUT2D eigenvalue weighted by Gasteiger charge is -2.23. The number of hydrogen-bond acceptors (Lipinski definition) is 5. The summed E-state index contributed by atoms with van der Waals surface area (Å²) in [5, 5.41) is 3.55. The largest absolute Gasteiger partial charge is 0.375 e. The van der Waals surface area contributed by atoms with Crippen LogP contribution in [0.5, 0.6) is 0 Å². The van der Waals surface area contributed by atoms with E-state index in [1.165, 1.54) is 22.7 Å². The first-order chi connectivity index (χ1) is 7.91. The van der Waals surface area contributed by atoms with Gasteiger partial charge in [-0.25, -0.2) is 4.98 Å². The molecule has 2 heterocycles. The minimum absolute atomic E-state index is 0.0365. The third kappa shape index (κ3) is 2.58. The number of amides is 1. The second kappa shape index (κ2) is 4.27. The van der Waals surface area contributed by atoms with Crippen molar-refractivity contribution in [2.24, 2.45) is 0 Å². The first kappa shape index (κ1) is 12.3. The predicted molar refractivity (Wildman–Crippen MR) is 73.7 cm³/mol. The summed E-state index contributed by atoms with van der Waals surface area (Å²) in [4.78, 5) is 17.7. The number of fused-ring (bicyclic) bond motifs is 1. The van der Waals surface area contributed by atoms with E-state index in [4.69, 9.17) is 5.73 Å². The van der Waals surface area contributed by atoms with Gasteiger partial charge in [-0.1, -0.05) is 18.3 Å². The smallest absolute Gasteiger partial charge is 0.261 e. The van der Waals surface area contributed by atoms with E-state index in [0.717, 1.165) is 16.0 Å². The van der Waals surface area contributed by atoms with Crippen molar-refractivity contribution in [2.45, 2.75) is 32.7 Å². The quantitative estimate of drug-likeness (QED) is 0.900. The maximum Gasteiger partial charge on any atom is 0.261 e. The molecule has 1 amide bonds. The number of rotatable bonds is 3. The van der Waals surface area contributed by atoms with Crippen molar-refractivity contribution in [1.29, 1.82) is 0 Å². The number of carbonyl (C=O) groups excluding carboxylic acids is 1. The molecule has 17 heavy (non-hydrogen) atoms. The molecule has 0 spiro atoms. The van der Waals surface area contributed by atoms with Gasteiger partial charge < -0.3 is 11.1 Å². The maximum absolute atomic E-state index is 12.0. The number of aromatic nitrogens is 1. The molecule has 0 saturated carbocycles. The van der Waals surface area contributed by atoms with Crippen LogP contribution in [0.15, 0.2) is 6.07 Å². The average molecular weight is 269 g/mol. The van der Waals surface area contributed by atoms with Crippen molar-refractivity contribution < 1.29 is 4.79 Å². The minimum Gasteiger partial charge on any atom is -0.375 e. The van der Waals surface area contributed by atoms with Crippen LogP contribution in [-0.4, -0.2) is 16.4 Å². The molecule has 0 aromatic carbocycles. The highest BCUT2D eigenvalue weighted by Crippen LogP contribution is 2.31. The van der Waals surface area contributed by atoms with Crippen LogP contribution in [0.3, 0.4) is 0 Å². The van der Waals surface area contributed by atoms with Crippen LogP contribution in [0.4, 0.5) is 5.13 Å². The number of carbonyl (C=O) groups is 1. The van der Waals surface area contributed by atoms with Crippen molar-refractivity contribution >= 4 is 43.2 Å². The Morgan fingerprint density at radius 3 is 2.82 bits per heavy atom. The number of nitrogen functional groups attached to an aromatic ring is 1. The highest BCUT2D eigenvalue weighted by Gasteiger charge is 2.20. The Morgan fingerprint density at radius 2 is 2.24 bits per heavy atom. The molecule has 0 aliphatic rings. The lowest BCUT2D eigenvalue weighted by atomic mass is 10.0. The van der Waals surface area contributed by atoms with E-state index in [1.54, 1.807) is 0 Å². The van der Waals surface area contributed by atoms with E-state index >= 15 is 0 Å². The van der Waals surface area contributed by atoms with Crippen LogP contribution in [-0.2, 0) is 0 Å². The first-order valence-electron chi connectivity index (χ1n) is 5.39. The van der Waals surface area contributed by atoms with Crippen molar-refractivity contribution in [1.82, 2.24) is 10.3 Å². The molecule has 2 rings (SSSR count). The molecule has 0 aliphatic carbocycles. The van der Waals surface area contributed by atoms with Crippen LogP contribution >= 0.6 is 22.7 Å². The van der Waals surface area contributed by atoms with Crippen LogP contribution in [0.25, 0.3) is 9.53 Å². The summed E-state index contributed by atoms with van der Waals surface area (Å²) in [5.74, 6) is -0.0365. The van der Waals surface area contributed by atoms with Crippen LogP contribution < -0.4 is 11.1 Å². The zero-order chi connectivity index (χ0) is 12.6. The Hall–Kier alpha value is -1.14. The van der Waals surface area contributed by atoms with Gasteiger partial charge in [0, 0.05) is 5.54 Å². The second-order valence-electron chi connectivity index (χ2n) is 4.52. The maximum atomic E-state index is 12.0. The van der Waals surface area contributed by atoms with Gasteiger partial charge in [-0.2, -0.15) is 0 Å². The zero-order valence-corrected chi connectivity index (χ0v) is 11.7. The van der Waals surface area contributed by atoms with Crippen molar-refractivity contribution in [3.63, 3.8) is 0 Å². The Labute approximate surface area is 108 Å². The SMILES string of the molecule is CCC(C)(C)NC(=O)c1cc2sc(N)nc2s1. The number of thiophene rings is 1. The summed E-state index contributed by atoms with van der Waals surface area (Å²) in [7, 11) is 0. The lowest BCUT2D eigenvalue weighted by molar-refractivity contribution is 0.0915. The Morgan fingerprint density at radius 1 is 1.53 bits per heavy atom. The zero-order valence-electron chi connectivity index (χ0n) is 10.0. The first-order valence-corrected chi connectivity index (χ1v) is 7.03. The molecule has 0 aliphatic heterocycles. The molecule has 0 saturated heterocycles. The molecule has 2 aromatic rings. The molecule has 0 fully saturated rings. The Kier molecular flexibility index (Phi) is 3.09. The van der Waals surface area contributed by atoms with Crippen LogP contribution in [0.1, 0.15) is 36.9 Å². The molecular formula is C11H15N3OS2. The summed E-state index contributed by atoms with van der Waals surface area (Å²) in [6.45, 7) is 6.07. The van der Waals surface area contributed by atoms with E-state index in [0.29, 0.717) is 10.0 Å². The predicted octanol–water partition coefficient (Wildman–Crippen LogP) is 2.86. The van der Waals surface area contributed by atoms with Gasteiger partial charge in [0.25, 0.3) is 5.91 Å². The highest BCUT2D eigenvalue weighted by atomic mass is 32.1. The van der Waals surface area contributed by atoms with Gasteiger partial charge in [-0.3, -0.25) is 4.79 Å². The molecule has 2 aromatic heterocycles. The summed E-state index contributed by atoms with van der Waals surface area (Å²) >= 11 is 2.80. The summed E-state index contributed by atoms with van der Waals surface area (Å²) in [5.41, 5.74) is 5.42. The van der Waals surface area contributed by atoms with Gasteiger partial charge in [-0.05, 0) is 26.3 Å². The van der Waals surface area contributed by atoms with Gasteiger partial charge in [0.15, 0.2) is 5.13 Å². The monoisotopic (exact) mass is 269 g/mol. The van der Waals surface area contributed by atoms with E-state index < -0.39 is 0 Å². The van der Waals surface area contributed by atoms with Crippen LogP contribution in [0.2, 0.25) is 0 Å². The van der Waals surface area contributed by atoms with E-state index in [1.807, 2.05) is 19.9 Å². The standard InChI is InChI=1S/C11H15N3OS2/c1-4-11(2,3)14-8(15)6-5-7-9(16-6)13-10(12)17-7/h5H,4H2,1-3H3,(H2,12,13)(H,14,15).